The molecule has 0 amide bonds. The lowest BCUT2D eigenvalue weighted by molar-refractivity contribution is -0.155. The summed E-state index contributed by atoms with van der Waals surface area (Å²) in [5.41, 5.74) is -0.424. The van der Waals surface area contributed by atoms with Gasteiger partial charge in [0, 0.05) is 0 Å². The fraction of sp³-hybridized carbons (Fsp3) is 0.944. The van der Waals surface area contributed by atoms with E-state index in [1.54, 1.807) is 0 Å². The van der Waals surface area contributed by atoms with Gasteiger partial charge in [-0.25, -0.2) is 0 Å². The predicted octanol–water partition coefficient (Wildman–Crippen LogP) is 3.65. The molecule has 122 valence electrons. The van der Waals surface area contributed by atoms with E-state index in [1.165, 1.54) is 6.42 Å². The van der Waals surface area contributed by atoms with Crippen LogP contribution >= 0.6 is 0 Å². The highest BCUT2D eigenvalue weighted by Crippen LogP contribution is 2.51. The van der Waals surface area contributed by atoms with Gasteiger partial charge in [-0.3, -0.25) is 4.79 Å². The molecule has 3 nitrogen and oxygen atoms in total. The molecular weight excluding hydrogens is 264 g/mol. The Kier molecular flexibility index (Phi) is 5.02. The van der Waals surface area contributed by atoms with Gasteiger partial charge in [0.2, 0.25) is 0 Å². The van der Waals surface area contributed by atoms with Crippen LogP contribution in [0.25, 0.3) is 0 Å². The minimum atomic E-state index is -0.424. The van der Waals surface area contributed by atoms with E-state index in [0.717, 1.165) is 19.3 Å². The smallest absolute Gasteiger partial charge is 0.311 e. The molecule has 0 aromatic carbocycles. The van der Waals surface area contributed by atoms with Crippen molar-refractivity contribution >= 4 is 5.97 Å². The van der Waals surface area contributed by atoms with Crippen LogP contribution in [-0.2, 0) is 9.53 Å². The van der Waals surface area contributed by atoms with Gasteiger partial charge in [0.1, 0.15) is 0 Å². The first-order valence-corrected chi connectivity index (χ1v) is 8.57. The van der Waals surface area contributed by atoms with Crippen molar-refractivity contribution < 1.29 is 14.6 Å². The fourth-order valence-corrected chi connectivity index (χ4v) is 4.43. The van der Waals surface area contributed by atoms with E-state index in [2.05, 4.69) is 13.8 Å². The van der Waals surface area contributed by atoms with Gasteiger partial charge in [0.05, 0.1) is 18.1 Å². The Morgan fingerprint density at radius 1 is 1.24 bits per heavy atom. The monoisotopic (exact) mass is 296 g/mol. The molecule has 6 atom stereocenters. The molecule has 2 aliphatic rings. The third-order valence-electron chi connectivity index (χ3n) is 5.71. The summed E-state index contributed by atoms with van der Waals surface area (Å²) in [7, 11) is 0. The number of ether oxygens (including phenoxy) is 1. The lowest BCUT2D eigenvalue weighted by atomic mass is 9.68. The summed E-state index contributed by atoms with van der Waals surface area (Å²) in [5, 5.41) is 10.2. The van der Waals surface area contributed by atoms with E-state index >= 15 is 0 Å². The molecule has 1 N–H and O–H groups in total. The Morgan fingerprint density at radius 3 is 2.52 bits per heavy atom. The summed E-state index contributed by atoms with van der Waals surface area (Å²) in [6.07, 6.45) is 4.29. The molecule has 1 unspecified atom stereocenters. The Morgan fingerprint density at radius 2 is 1.90 bits per heavy atom. The molecule has 2 aliphatic carbocycles. The number of aliphatic hydroxyl groups is 1. The van der Waals surface area contributed by atoms with E-state index in [1.807, 2.05) is 20.8 Å². The highest BCUT2D eigenvalue weighted by Gasteiger charge is 2.47. The maximum atomic E-state index is 11.9. The molecule has 0 saturated heterocycles. The average Bonchev–Trinajstić information content (AvgIpc) is 2.84. The van der Waals surface area contributed by atoms with E-state index in [4.69, 9.17) is 4.74 Å². The third-order valence-corrected chi connectivity index (χ3v) is 5.71. The topological polar surface area (TPSA) is 46.5 Å². The van der Waals surface area contributed by atoms with E-state index < -0.39 is 5.41 Å². The van der Waals surface area contributed by atoms with Crippen molar-refractivity contribution in [2.75, 3.05) is 6.61 Å². The molecule has 0 radical (unpaired) electrons. The van der Waals surface area contributed by atoms with E-state index in [9.17, 15) is 9.90 Å². The molecule has 2 fully saturated rings. The van der Waals surface area contributed by atoms with Gasteiger partial charge < -0.3 is 9.84 Å². The summed E-state index contributed by atoms with van der Waals surface area (Å²) in [6.45, 7) is 10.7. The number of carbonyl (C=O) groups is 1. The normalized spacial score (nSPS) is 37.9. The van der Waals surface area contributed by atoms with Crippen molar-refractivity contribution in [3.05, 3.63) is 0 Å². The quantitative estimate of drug-likeness (QED) is 0.809. The second-order valence-electron chi connectivity index (χ2n) is 8.43. The second-order valence-corrected chi connectivity index (χ2v) is 8.43. The fourth-order valence-electron chi connectivity index (χ4n) is 4.43. The van der Waals surface area contributed by atoms with Crippen LogP contribution in [0.3, 0.4) is 0 Å². The number of carbonyl (C=O) groups excluding carboxylic acids is 1. The van der Waals surface area contributed by atoms with Crippen molar-refractivity contribution in [2.45, 2.75) is 66.4 Å². The first-order valence-electron chi connectivity index (χ1n) is 8.57. The van der Waals surface area contributed by atoms with Crippen LogP contribution in [0.15, 0.2) is 0 Å². The maximum Gasteiger partial charge on any atom is 0.311 e. The van der Waals surface area contributed by atoms with Gasteiger partial charge in [-0.05, 0) is 76.0 Å². The van der Waals surface area contributed by atoms with E-state index in [-0.39, 0.29) is 12.1 Å². The number of rotatable bonds is 3. The highest BCUT2D eigenvalue weighted by atomic mass is 16.5. The molecule has 0 heterocycles. The van der Waals surface area contributed by atoms with Crippen molar-refractivity contribution in [2.24, 2.45) is 35.0 Å². The molecule has 21 heavy (non-hydrogen) atoms. The summed E-state index contributed by atoms with van der Waals surface area (Å²) >= 11 is 0. The second kappa shape index (κ2) is 6.28. The minimum Gasteiger partial charge on any atom is -0.465 e. The summed E-state index contributed by atoms with van der Waals surface area (Å²) < 4.78 is 5.52. The highest BCUT2D eigenvalue weighted by molar-refractivity contribution is 5.75. The maximum absolute atomic E-state index is 11.9. The standard InChI is InChI=1S/C18H32O3/c1-11-6-9-15(19)14-8-7-13(16(11)14)12(2)10-21-17(20)18(3,4)5/h11-16,19H,6-10H2,1-5H3/t11-,12?,13-,14-,15-,16-/m0/s1. The van der Waals surface area contributed by atoms with E-state index in [0.29, 0.717) is 36.2 Å². The van der Waals surface area contributed by atoms with Crippen molar-refractivity contribution in [3.8, 4) is 0 Å². The Balaban J connectivity index is 1.94. The van der Waals surface area contributed by atoms with Gasteiger partial charge >= 0.3 is 5.97 Å². The van der Waals surface area contributed by atoms with Crippen LogP contribution in [0, 0.1) is 35.0 Å². The molecular formula is C18H32O3. The molecule has 3 heteroatoms. The molecule has 0 aromatic heterocycles. The van der Waals surface area contributed by atoms with Crippen LogP contribution in [0.5, 0.6) is 0 Å². The van der Waals surface area contributed by atoms with Gasteiger partial charge in [-0.1, -0.05) is 13.8 Å². The molecule has 0 spiro atoms. The lowest BCUT2D eigenvalue weighted by Crippen LogP contribution is -2.38. The zero-order valence-electron chi connectivity index (χ0n) is 14.3. The van der Waals surface area contributed by atoms with Gasteiger partial charge in [0.25, 0.3) is 0 Å². The third kappa shape index (κ3) is 3.61. The van der Waals surface area contributed by atoms with Crippen LogP contribution in [0.2, 0.25) is 0 Å². The number of aliphatic hydroxyl groups excluding tert-OH is 1. The van der Waals surface area contributed by atoms with Crippen LogP contribution in [0.1, 0.15) is 60.3 Å². The lowest BCUT2D eigenvalue weighted by Gasteiger charge is -2.40. The minimum absolute atomic E-state index is 0.111. The number of hydrogen-bond donors (Lipinski definition) is 1. The van der Waals surface area contributed by atoms with Gasteiger partial charge in [-0.2, -0.15) is 0 Å². The van der Waals surface area contributed by atoms with Crippen LogP contribution in [0.4, 0.5) is 0 Å². The van der Waals surface area contributed by atoms with Crippen molar-refractivity contribution in [1.82, 2.24) is 0 Å². The Labute approximate surface area is 129 Å². The zero-order chi connectivity index (χ0) is 15.8. The van der Waals surface area contributed by atoms with Crippen molar-refractivity contribution in [3.63, 3.8) is 0 Å². The number of fused-ring (bicyclic) bond motifs is 1. The number of esters is 1. The van der Waals surface area contributed by atoms with Crippen LogP contribution in [-0.4, -0.2) is 23.8 Å². The first-order chi connectivity index (χ1) is 9.71. The molecule has 2 rings (SSSR count). The average molecular weight is 296 g/mol. The number of hydrogen-bond acceptors (Lipinski definition) is 3. The van der Waals surface area contributed by atoms with Gasteiger partial charge in [0.15, 0.2) is 0 Å². The molecule has 0 aliphatic heterocycles. The molecule has 0 bridgehead atoms. The van der Waals surface area contributed by atoms with Gasteiger partial charge in [-0.15, -0.1) is 0 Å². The SMILES string of the molecule is CC(COC(=O)C(C)(C)C)[C@@H]1CC[C@@H]2[C@H]1[C@@H](C)CC[C@@H]2O. The molecule has 2 saturated carbocycles. The summed E-state index contributed by atoms with van der Waals surface area (Å²) in [4.78, 5) is 11.9. The Hall–Kier alpha value is -0.570. The van der Waals surface area contributed by atoms with Crippen molar-refractivity contribution in [1.29, 1.82) is 0 Å². The summed E-state index contributed by atoms with van der Waals surface area (Å²) in [5.74, 6) is 2.63. The first kappa shape index (κ1) is 16.8. The summed E-state index contributed by atoms with van der Waals surface area (Å²) in [6, 6.07) is 0. The Bertz CT molecular complexity index is 371. The largest absolute Gasteiger partial charge is 0.465 e. The zero-order valence-corrected chi connectivity index (χ0v) is 14.3. The van der Waals surface area contributed by atoms with Crippen LogP contribution < -0.4 is 0 Å². The molecule has 0 aromatic rings. The predicted molar refractivity (Wildman–Crippen MR) is 83.7 cm³/mol.